The van der Waals surface area contributed by atoms with Gasteiger partial charge >= 0.3 is 6.09 Å². The summed E-state index contributed by atoms with van der Waals surface area (Å²) in [5, 5.41) is 2.93. The average Bonchev–Trinajstić information content (AvgIpc) is 2.56. The Balaban J connectivity index is 2.09. The number of amides is 2. The van der Waals surface area contributed by atoms with Crippen molar-refractivity contribution in [3.05, 3.63) is 0 Å². The average molecular weight is 243 g/mol. The molecule has 0 radical (unpaired) electrons. The zero-order chi connectivity index (χ0) is 12.5. The first-order valence-electron chi connectivity index (χ1n) is 6.11. The van der Waals surface area contributed by atoms with E-state index in [-0.39, 0.29) is 12.5 Å². The molecule has 0 saturated carbocycles. The molecule has 3 N–H and O–H groups in total. The third-order valence-electron chi connectivity index (χ3n) is 2.76. The highest BCUT2D eigenvalue weighted by Crippen LogP contribution is 2.09. The summed E-state index contributed by atoms with van der Waals surface area (Å²) in [4.78, 5) is 24.0. The predicted molar refractivity (Wildman–Crippen MR) is 63.5 cm³/mol. The van der Waals surface area contributed by atoms with Gasteiger partial charge in [0.2, 0.25) is 5.91 Å². The van der Waals surface area contributed by atoms with E-state index in [9.17, 15) is 9.59 Å². The van der Waals surface area contributed by atoms with Gasteiger partial charge in [-0.25, -0.2) is 4.79 Å². The lowest BCUT2D eigenvalue weighted by Crippen LogP contribution is -2.39. The van der Waals surface area contributed by atoms with Gasteiger partial charge in [0.05, 0.1) is 6.54 Å². The minimum Gasteiger partial charge on any atom is -0.448 e. The minimum atomic E-state index is -0.786. The summed E-state index contributed by atoms with van der Waals surface area (Å²) in [5.74, 6) is 0.117. The summed E-state index contributed by atoms with van der Waals surface area (Å²) < 4.78 is 4.54. The molecule has 98 valence electrons. The van der Waals surface area contributed by atoms with E-state index in [0.29, 0.717) is 13.1 Å². The molecule has 0 unspecified atom stereocenters. The number of nitrogens with zero attached hydrogens (tertiary/aromatic N) is 1. The molecule has 0 atom stereocenters. The fraction of sp³-hybridized carbons (Fsp3) is 0.818. The van der Waals surface area contributed by atoms with Gasteiger partial charge in [-0.1, -0.05) is 12.8 Å². The van der Waals surface area contributed by atoms with Crippen molar-refractivity contribution >= 4 is 12.0 Å². The molecule has 1 heterocycles. The zero-order valence-electron chi connectivity index (χ0n) is 10.1. The maximum Gasteiger partial charge on any atom is 0.404 e. The van der Waals surface area contributed by atoms with E-state index in [1.807, 2.05) is 4.90 Å². The normalized spacial score (nSPS) is 16.4. The monoisotopic (exact) mass is 243 g/mol. The minimum absolute atomic E-state index is 0.117. The Morgan fingerprint density at radius 2 is 1.82 bits per heavy atom. The molecule has 1 aliphatic rings. The number of ether oxygens (including phenoxy) is 1. The number of hydrogen-bond acceptors (Lipinski definition) is 4. The Hall–Kier alpha value is -1.30. The van der Waals surface area contributed by atoms with Crippen molar-refractivity contribution in [2.45, 2.75) is 25.7 Å². The van der Waals surface area contributed by atoms with Crippen molar-refractivity contribution in [1.82, 2.24) is 10.2 Å². The van der Waals surface area contributed by atoms with Crippen molar-refractivity contribution in [2.24, 2.45) is 5.73 Å². The first kappa shape index (κ1) is 13.8. The molecule has 1 saturated heterocycles. The Morgan fingerprint density at radius 3 is 2.41 bits per heavy atom. The van der Waals surface area contributed by atoms with Crippen molar-refractivity contribution in [2.75, 3.05) is 32.8 Å². The molecule has 6 nitrogen and oxygen atoms in total. The maximum absolute atomic E-state index is 11.8. The fourth-order valence-electron chi connectivity index (χ4n) is 1.85. The van der Waals surface area contributed by atoms with E-state index in [2.05, 4.69) is 10.1 Å². The second-order valence-corrected chi connectivity index (χ2v) is 4.14. The first-order chi connectivity index (χ1) is 8.20. The lowest BCUT2D eigenvalue weighted by Gasteiger charge is -2.20. The van der Waals surface area contributed by atoms with Crippen molar-refractivity contribution < 1.29 is 14.3 Å². The van der Waals surface area contributed by atoms with Crippen LogP contribution in [0.3, 0.4) is 0 Å². The Labute approximate surface area is 101 Å². The van der Waals surface area contributed by atoms with Crippen LogP contribution in [0, 0.1) is 0 Å². The molecule has 1 fully saturated rings. The summed E-state index contributed by atoms with van der Waals surface area (Å²) >= 11 is 0. The van der Waals surface area contributed by atoms with Gasteiger partial charge in [-0.3, -0.25) is 4.79 Å². The summed E-state index contributed by atoms with van der Waals surface area (Å²) in [7, 11) is 0. The number of carbonyl (C=O) groups excluding carboxylic acids is 2. The van der Waals surface area contributed by atoms with E-state index in [1.165, 1.54) is 12.8 Å². The van der Waals surface area contributed by atoms with Crippen molar-refractivity contribution in [3.63, 3.8) is 0 Å². The standard InChI is InChI=1S/C11H21N3O3/c12-11(16)17-8-5-13-9-10(15)14-6-3-1-2-4-7-14/h13H,1-9H2,(H2,12,16). The predicted octanol–water partition coefficient (Wildman–Crippen LogP) is 0.0739. The molecule has 2 amide bonds. The highest BCUT2D eigenvalue weighted by atomic mass is 16.5. The number of carbonyl (C=O) groups is 2. The molecule has 1 aliphatic heterocycles. The summed E-state index contributed by atoms with van der Waals surface area (Å²) in [6.45, 7) is 2.66. The van der Waals surface area contributed by atoms with Crippen LogP contribution < -0.4 is 11.1 Å². The topological polar surface area (TPSA) is 84.7 Å². The lowest BCUT2D eigenvalue weighted by molar-refractivity contribution is -0.130. The molecule has 17 heavy (non-hydrogen) atoms. The van der Waals surface area contributed by atoms with Crippen LogP contribution in [0.1, 0.15) is 25.7 Å². The molecule has 1 rings (SSSR count). The molecule has 0 spiro atoms. The second kappa shape index (κ2) is 7.89. The van der Waals surface area contributed by atoms with Gasteiger partial charge in [-0.2, -0.15) is 0 Å². The SMILES string of the molecule is NC(=O)OCCNCC(=O)N1CCCCCC1. The smallest absolute Gasteiger partial charge is 0.404 e. The van der Waals surface area contributed by atoms with Crippen molar-refractivity contribution in [1.29, 1.82) is 0 Å². The third kappa shape index (κ3) is 6.11. The van der Waals surface area contributed by atoms with Gasteiger partial charge in [0.1, 0.15) is 6.61 Å². The molecule has 0 bridgehead atoms. The van der Waals surface area contributed by atoms with Crippen LogP contribution in [0.15, 0.2) is 0 Å². The van der Waals surface area contributed by atoms with Gasteiger partial charge < -0.3 is 20.7 Å². The van der Waals surface area contributed by atoms with Gasteiger partial charge in [-0.05, 0) is 12.8 Å². The maximum atomic E-state index is 11.8. The summed E-state index contributed by atoms with van der Waals surface area (Å²) in [6.07, 6.45) is 3.83. The zero-order valence-corrected chi connectivity index (χ0v) is 10.1. The van der Waals surface area contributed by atoms with Gasteiger partial charge in [-0.15, -0.1) is 0 Å². The van der Waals surface area contributed by atoms with Crippen LogP contribution in [0.2, 0.25) is 0 Å². The van der Waals surface area contributed by atoms with Crippen LogP contribution in [0.4, 0.5) is 4.79 Å². The Bertz CT molecular complexity index is 250. The van der Waals surface area contributed by atoms with E-state index < -0.39 is 6.09 Å². The molecule has 6 heteroatoms. The molecular formula is C11H21N3O3. The summed E-state index contributed by atoms with van der Waals surface area (Å²) in [5.41, 5.74) is 4.80. The van der Waals surface area contributed by atoms with E-state index >= 15 is 0 Å². The van der Waals surface area contributed by atoms with Crippen LogP contribution in [-0.2, 0) is 9.53 Å². The van der Waals surface area contributed by atoms with Gasteiger partial charge in [0.25, 0.3) is 0 Å². The number of nitrogens with two attached hydrogens (primary N) is 1. The largest absolute Gasteiger partial charge is 0.448 e. The number of likely N-dealkylation sites (tertiary alicyclic amines) is 1. The van der Waals surface area contributed by atoms with E-state index in [4.69, 9.17) is 5.73 Å². The van der Waals surface area contributed by atoms with E-state index in [1.54, 1.807) is 0 Å². The van der Waals surface area contributed by atoms with Gasteiger partial charge in [0.15, 0.2) is 0 Å². The molecule has 0 aromatic carbocycles. The van der Waals surface area contributed by atoms with Crippen LogP contribution in [0.25, 0.3) is 0 Å². The molecule has 0 aromatic heterocycles. The Kier molecular flexibility index (Phi) is 6.39. The highest BCUT2D eigenvalue weighted by Gasteiger charge is 2.14. The number of primary amides is 1. The number of rotatable bonds is 5. The highest BCUT2D eigenvalue weighted by molar-refractivity contribution is 5.78. The molecular weight excluding hydrogens is 222 g/mol. The van der Waals surface area contributed by atoms with Crippen LogP contribution in [-0.4, -0.2) is 49.7 Å². The Morgan fingerprint density at radius 1 is 1.18 bits per heavy atom. The summed E-state index contributed by atoms with van der Waals surface area (Å²) in [6, 6.07) is 0. The number of hydrogen-bond donors (Lipinski definition) is 2. The number of nitrogens with one attached hydrogen (secondary N) is 1. The molecule has 0 aliphatic carbocycles. The van der Waals surface area contributed by atoms with Crippen LogP contribution in [0.5, 0.6) is 0 Å². The lowest BCUT2D eigenvalue weighted by atomic mass is 10.2. The molecule has 0 aromatic rings. The van der Waals surface area contributed by atoms with Crippen molar-refractivity contribution in [3.8, 4) is 0 Å². The second-order valence-electron chi connectivity index (χ2n) is 4.14. The fourth-order valence-corrected chi connectivity index (χ4v) is 1.85. The van der Waals surface area contributed by atoms with Gasteiger partial charge in [0, 0.05) is 19.6 Å². The van der Waals surface area contributed by atoms with E-state index in [0.717, 1.165) is 25.9 Å². The quantitative estimate of drug-likeness (QED) is 0.669. The van der Waals surface area contributed by atoms with Crippen LogP contribution >= 0.6 is 0 Å². The third-order valence-corrected chi connectivity index (χ3v) is 2.76. The first-order valence-corrected chi connectivity index (χ1v) is 6.11.